The fourth-order valence-electron chi connectivity index (χ4n) is 1.36. The van der Waals surface area contributed by atoms with Gasteiger partial charge in [-0.15, -0.1) is 0 Å². The molecule has 0 saturated heterocycles. The van der Waals surface area contributed by atoms with Gasteiger partial charge >= 0.3 is 12.0 Å². The van der Waals surface area contributed by atoms with Crippen LogP contribution in [0.5, 0.6) is 0 Å². The molecule has 5 N–H and O–H groups in total. The van der Waals surface area contributed by atoms with Gasteiger partial charge < -0.3 is 21.5 Å². The van der Waals surface area contributed by atoms with E-state index in [1.54, 1.807) is 10.6 Å². The highest BCUT2D eigenvalue weighted by atomic mass is 19.2. The van der Waals surface area contributed by atoms with Gasteiger partial charge in [-0.05, 0) is 0 Å². The summed E-state index contributed by atoms with van der Waals surface area (Å²) in [5.41, 5.74) is 3.96. The van der Waals surface area contributed by atoms with Crippen molar-refractivity contribution in [1.29, 1.82) is 0 Å². The monoisotopic (exact) mass is 305 g/mol. The van der Waals surface area contributed by atoms with Crippen molar-refractivity contribution in [2.24, 2.45) is 5.73 Å². The number of nitrogens with two attached hydrogens (primary N) is 1. The number of benzene rings is 1. The number of carboxylic acid groups (broad SMARTS) is 1. The molecule has 0 heterocycles. The van der Waals surface area contributed by atoms with Gasteiger partial charge in [0.25, 0.3) is 0 Å². The summed E-state index contributed by atoms with van der Waals surface area (Å²) >= 11 is 0. The Morgan fingerprint density at radius 2 is 1.86 bits per heavy atom. The van der Waals surface area contributed by atoms with E-state index >= 15 is 0 Å². The van der Waals surface area contributed by atoms with E-state index < -0.39 is 53.5 Å². The van der Waals surface area contributed by atoms with Gasteiger partial charge in [0.15, 0.2) is 11.6 Å². The maximum absolute atomic E-state index is 13.3. The van der Waals surface area contributed by atoms with E-state index in [9.17, 15) is 27.6 Å². The average Bonchev–Trinajstić information content (AvgIpc) is 2.33. The quantitative estimate of drug-likeness (QED) is 0.593. The van der Waals surface area contributed by atoms with Crippen LogP contribution in [0.4, 0.5) is 23.7 Å². The van der Waals surface area contributed by atoms with E-state index in [1.807, 2.05) is 0 Å². The van der Waals surface area contributed by atoms with Gasteiger partial charge in [-0.3, -0.25) is 4.79 Å². The molecule has 1 rings (SSSR count). The fraction of sp³-hybridized carbons (Fsp3) is 0.182. The SMILES string of the molecule is NC(=O)C[C@@H](NC(=O)Nc1cc(F)cc(F)c1F)C(=O)O. The van der Waals surface area contributed by atoms with E-state index in [1.165, 1.54) is 0 Å². The maximum atomic E-state index is 13.3. The molecule has 1 atom stereocenters. The first-order valence-electron chi connectivity index (χ1n) is 5.44. The number of anilines is 1. The Kier molecular flexibility index (Phi) is 5.11. The molecule has 0 aliphatic rings. The topological polar surface area (TPSA) is 122 Å². The molecule has 0 radical (unpaired) electrons. The molecule has 0 bridgehead atoms. The van der Waals surface area contributed by atoms with Crippen molar-refractivity contribution in [1.82, 2.24) is 5.32 Å². The van der Waals surface area contributed by atoms with Crippen molar-refractivity contribution in [3.63, 3.8) is 0 Å². The molecule has 21 heavy (non-hydrogen) atoms. The van der Waals surface area contributed by atoms with E-state index in [-0.39, 0.29) is 6.07 Å². The second kappa shape index (κ2) is 6.59. The van der Waals surface area contributed by atoms with E-state index in [0.717, 1.165) is 0 Å². The van der Waals surface area contributed by atoms with Gasteiger partial charge in [-0.25, -0.2) is 22.8 Å². The van der Waals surface area contributed by atoms with Crippen molar-refractivity contribution in [3.05, 3.63) is 29.6 Å². The minimum atomic E-state index is -1.66. The number of rotatable bonds is 5. The molecule has 0 unspecified atom stereocenters. The second-order valence-electron chi connectivity index (χ2n) is 3.91. The van der Waals surface area contributed by atoms with E-state index in [4.69, 9.17) is 10.8 Å². The molecular weight excluding hydrogens is 295 g/mol. The molecule has 0 saturated carbocycles. The summed E-state index contributed by atoms with van der Waals surface area (Å²) < 4.78 is 39.1. The number of aliphatic carboxylic acids is 1. The number of amides is 3. The van der Waals surface area contributed by atoms with Gasteiger partial charge in [-0.1, -0.05) is 0 Å². The molecule has 1 aromatic carbocycles. The Balaban J connectivity index is 2.81. The molecular formula is C11H10F3N3O4. The Morgan fingerprint density at radius 1 is 1.24 bits per heavy atom. The van der Waals surface area contributed by atoms with Crippen LogP contribution < -0.4 is 16.4 Å². The minimum absolute atomic E-state index is 0.269. The highest BCUT2D eigenvalue weighted by molar-refractivity contribution is 5.93. The molecule has 3 amide bonds. The lowest BCUT2D eigenvalue weighted by Gasteiger charge is -2.14. The lowest BCUT2D eigenvalue weighted by Crippen LogP contribution is -2.45. The highest BCUT2D eigenvalue weighted by Gasteiger charge is 2.23. The summed E-state index contributed by atoms with van der Waals surface area (Å²) in [4.78, 5) is 32.8. The molecule has 0 fully saturated rings. The van der Waals surface area contributed by atoms with Crippen LogP contribution in [-0.4, -0.2) is 29.1 Å². The highest BCUT2D eigenvalue weighted by Crippen LogP contribution is 2.18. The molecule has 1 aromatic rings. The summed E-state index contributed by atoms with van der Waals surface area (Å²) in [7, 11) is 0. The Labute approximate surface area is 115 Å². The molecule has 10 heteroatoms. The summed E-state index contributed by atoms with van der Waals surface area (Å²) in [6, 6.07) is -2.16. The predicted octanol–water partition coefficient (Wildman–Crippen LogP) is 0.554. The van der Waals surface area contributed by atoms with E-state index in [2.05, 4.69) is 0 Å². The summed E-state index contributed by atoms with van der Waals surface area (Å²) in [5.74, 6) is -6.75. The van der Waals surface area contributed by atoms with Crippen LogP contribution in [0.2, 0.25) is 0 Å². The fourth-order valence-corrected chi connectivity index (χ4v) is 1.36. The Bertz CT molecular complexity index is 594. The minimum Gasteiger partial charge on any atom is -0.480 e. The third-order valence-electron chi connectivity index (χ3n) is 2.25. The van der Waals surface area contributed by atoms with Crippen LogP contribution in [0.1, 0.15) is 6.42 Å². The third kappa shape index (κ3) is 4.67. The largest absolute Gasteiger partial charge is 0.480 e. The smallest absolute Gasteiger partial charge is 0.326 e. The molecule has 7 nitrogen and oxygen atoms in total. The van der Waals surface area contributed by atoms with Crippen LogP contribution in [0.25, 0.3) is 0 Å². The van der Waals surface area contributed by atoms with Crippen LogP contribution in [0.15, 0.2) is 12.1 Å². The molecule has 0 aliphatic heterocycles. The van der Waals surface area contributed by atoms with Crippen molar-refractivity contribution in [3.8, 4) is 0 Å². The first kappa shape index (κ1) is 16.3. The Morgan fingerprint density at radius 3 is 2.38 bits per heavy atom. The zero-order valence-electron chi connectivity index (χ0n) is 10.3. The van der Waals surface area contributed by atoms with Crippen molar-refractivity contribution in [2.75, 3.05) is 5.32 Å². The number of carboxylic acids is 1. The number of hydrogen-bond donors (Lipinski definition) is 4. The number of primary amides is 1. The summed E-state index contributed by atoms with van der Waals surface area (Å²) in [6.07, 6.45) is -0.706. The standard InChI is InChI=1S/C11H10F3N3O4/c12-4-1-5(13)9(14)6(2-4)16-11(21)17-7(10(19)20)3-8(15)18/h1-2,7H,3H2,(H2,15,18)(H,19,20)(H2,16,17,21)/t7-/m1/s1. The summed E-state index contributed by atoms with van der Waals surface area (Å²) in [6.45, 7) is 0. The average molecular weight is 305 g/mol. The van der Waals surface area contributed by atoms with Gasteiger partial charge in [-0.2, -0.15) is 0 Å². The van der Waals surface area contributed by atoms with Gasteiger partial charge in [0.2, 0.25) is 5.91 Å². The summed E-state index contributed by atoms with van der Waals surface area (Å²) in [5, 5.41) is 12.3. The second-order valence-corrected chi connectivity index (χ2v) is 3.91. The van der Waals surface area contributed by atoms with Crippen LogP contribution >= 0.6 is 0 Å². The zero-order chi connectivity index (χ0) is 16.2. The van der Waals surface area contributed by atoms with Crippen molar-refractivity contribution >= 4 is 23.6 Å². The lowest BCUT2D eigenvalue weighted by atomic mass is 10.2. The molecule has 114 valence electrons. The third-order valence-corrected chi connectivity index (χ3v) is 2.25. The van der Waals surface area contributed by atoms with Gasteiger partial charge in [0.1, 0.15) is 11.9 Å². The van der Waals surface area contributed by atoms with E-state index in [0.29, 0.717) is 6.07 Å². The maximum Gasteiger partial charge on any atom is 0.326 e. The molecule has 0 aromatic heterocycles. The predicted molar refractivity (Wildman–Crippen MR) is 63.7 cm³/mol. The van der Waals surface area contributed by atoms with Crippen LogP contribution in [0.3, 0.4) is 0 Å². The first-order chi connectivity index (χ1) is 9.70. The number of urea groups is 1. The number of carbonyl (C=O) groups is 3. The number of nitrogens with one attached hydrogen (secondary N) is 2. The number of carbonyl (C=O) groups excluding carboxylic acids is 2. The first-order valence-corrected chi connectivity index (χ1v) is 5.44. The van der Waals surface area contributed by atoms with Crippen molar-refractivity contribution < 1.29 is 32.7 Å². The zero-order valence-corrected chi connectivity index (χ0v) is 10.3. The molecule has 0 aliphatic carbocycles. The van der Waals surface area contributed by atoms with Crippen LogP contribution in [-0.2, 0) is 9.59 Å². The number of halogens is 3. The van der Waals surface area contributed by atoms with Gasteiger partial charge in [0, 0.05) is 12.1 Å². The molecule has 0 spiro atoms. The van der Waals surface area contributed by atoms with Crippen molar-refractivity contribution in [2.45, 2.75) is 12.5 Å². The lowest BCUT2D eigenvalue weighted by molar-refractivity contribution is -0.140. The van der Waals surface area contributed by atoms with Crippen LogP contribution in [0, 0.1) is 17.5 Å². The normalized spacial score (nSPS) is 11.6. The Hall–Kier alpha value is -2.78. The number of hydrogen-bond acceptors (Lipinski definition) is 3. The van der Waals surface area contributed by atoms with Gasteiger partial charge in [0.05, 0.1) is 12.1 Å².